The molecule has 3 aromatic rings. The molecule has 0 saturated heterocycles. The molecule has 2 amide bonds. The Morgan fingerprint density at radius 1 is 0.933 bits per heavy atom. The molecular weight excluding hydrogens is 380 g/mol. The van der Waals surface area contributed by atoms with Crippen LogP contribution >= 0.6 is 0 Å². The third kappa shape index (κ3) is 5.97. The average Bonchev–Trinajstić information content (AvgIpc) is 3.19. The number of carbonyl (C=O) groups excluding carboxylic acids is 2. The zero-order valence-corrected chi connectivity index (χ0v) is 17.4. The smallest absolute Gasteiger partial charge is 0.262 e. The van der Waals surface area contributed by atoms with Gasteiger partial charge in [-0.15, -0.1) is 10.2 Å². The van der Waals surface area contributed by atoms with Crippen LogP contribution < -0.4 is 10.9 Å². The van der Waals surface area contributed by atoms with Crippen molar-refractivity contribution in [2.75, 3.05) is 0 Å². The maximum atomic E-state index is 12.0. The first-order valence-corrected chi connectivity index (χ1v) is 9.81. The van der Waals surface area contributed by atoms with E-state index in [0.717, 1.165) is 11.1 Å². The number of aromatic nitrogens is 4. The van der Waals surface area contributed by atoms with Crippen LogP contribution in [0.4, 0.5) is 0 Å². The summed E-state index contributed by atoms with van der Waals surface area (Å²) in [4.78, 5) is 25.2. The highest BCUT2D eigenvalue weighted by molar-refractivity contribution is 5.81. The molecule has 0 aliphatic heterocycles. The van der Waals surface area contributed by atoms with Crippen molar-refractivity contribution in [1.29, 1.82) is 0 Å². The number of aryl methyl sites for hydroxylation is 1. The maximum Gasteiger partial charge on any atom is 0.262 e. The Hall–Kier alpha value is -3.55. The van der Waals surface area contributed by atoms with Crippen LogP contribution in [0.25, 0.3) is 11.4 Å². The van der Waals surface area contributed by atoms with Crippen LogP contribution in [0.2, 0.25) is 0 Å². The molecule has 0 radical (unpaired) electrons. The fourth-order valence-corrected chi connectivity index (χ4v) is 2.81. The number of hydrogen-bond acceptors (Lipinski definition) is 5. The number of hydrogen-bond donors (Lipinski definition) is 2. The van der Waals surface area contributed by atoms with Crippen molar-refractivity contribution in [3.05, 3.63) is 65.7 Å². The summed E-state index contributed by atoms with van der Waals surface area (Å²) < 4.78 is 0. The summed E-state index contributed by atoms with van der Waals surface area (Å²) in [5, 5.41) is 12.0. The largest absolute Gasteiger partial charge is 0.273 e. The molecule has 0 fully saturated rings. The van der Waals surface area contributed by atoms with Gasteiger partial charge in [-0.1, -0.05) is 75.4 Å². The minimum Gasteiger partial charge on any atom is -0.273 e. The van der Waals surface area contributed by atoms with Crippen LogP contribution in [-0.4, -0.2) is 32.0 Å². The Morgan fingerprint density at radius 2 is 1.60 bits per heavy atom. The van der Waals surface area contributed by atoms with Gasteiger partial charge in [-0.2, -0.15) is 4.80 Å². The lowest BCUT2D eigenvalue weighted by molar-refractivity contribution is -0.129. The van der Waals surface area contributed by atoms with E-state index in [4.69, 9.17) is 0 Å². The van der Waals surface area contributed by atoms with Gasteiger partial charge >= 0.3 is 0 Å². The molecular formula is C22H26N6O2. The zero-order chi connectivity index (χ0) is 21.6. The number of nitrogens with zero attached hydrogens (tertiary/aromatic N) is 4. The minimum atomic E-state index is -0.435. The summed E-state index contributed by atoms with van der Waals surface area (Å²) in [5.41, 5.74) is 8.03. The standard InChI is InChI=1S/C22H26N6O2/c1-22(2,3)18-12-9-16(10-13-18)11-14-19(29)23-24-20(30)15-28-26-21(25-27-28)17-7-5-4-6-8-17/h4-10,12-13H,11,14-15H2,1-3H3,(H,23,29)(H,24,30). The first-order valence-electron chi connectivity index (χ1n) is 9.81. The summed E-state index contributed by atoms with van der Waals surface area (Å²) in [7, 11) is 0. The number of amides is 2. The maximum absolute atomic E-state index is 12.0. The summed E-state index contributed by atoms with van der Waals surface area (Å²) in [5.74, 6) is -0.264. The molecule has 8 heteroatoms. The monoisotopic (exact) mass is 406 g/mol. The second-order valence-electron chi connectivity index (χ2n) is 8.05. The van der Waals surface area contributed by atoms with E-state index in [0.29, 0.717) is 12.2 Å². The highest BCUT2D eigenvalue weighted by Gasteiger charge is 2.13. The van der Waals surface area contributed by atoms with Gasteiger partial charge in [0.1, 0.15) is 6.54 Å². The summed E-state index contributed by atoms with van der Waals surface area (Å²) in [6.07, 6.45) is 0.867. The van der Waals surface area contributed by atoms with Crippen molar-refractivity contribution >= 4 is 11.8 Å². The van der Waals surface area contributed by atoms with E-state index >= 15 is 0 Å². The number of rotatable bonds is 6. The van der Waals surface area contributed by atoms with Gasteiger partial charge in [0.05, 0.1) is 0 Å². The highest BCUT2D eigenvalue weighted by Crippen LogP contribution is 2.22. The Morgan fingerprint density at radius 3 is 2.27 bits per heavy atom. The summed E-state index contributed by atoms with van der Waals surface area (Å²) in [6.45, 7) is 6.34. The highest BCUT2D eigenvalue weighted by atomic mass is 16.2. The zero-order valence-electron chi connectivity index (χ0n) is 17.4. The topological polar surface area (TPSA) is 102 Å². The Labute approximate surface area is 175 Å². The lowest BCUT2D eigenvalue weighted by Crippen LogP contribution is -2.43. The SMILES string of the molecule is CC(C)(C)c1ccc(CCC(=O)NNC(=O)Cn2nnc(-c3ccccc3)n2)cc1. The average molecular weight is 406 g/mol. The van der Waals surface area contributed by atoms with E-state index in [2.05, 4.69) is 59.2 Å². The third-order valence-corrected chi connectivity index (χ3v) is 4.57. The van der Waals surface area contributed by atoms with E-state index in [-0.39, 0.29) is 24.3 Å². The van der Waals surface area contributed by atoms with E-state index < -0.39 is 5.91 Å². The van der Waals surface area contributed by atoms with Gasteiger partial charge in [0.15, 0.2) is 0 Å². The molecule has 3 rings (SSSR count). The summed E-state index contributed by atoms with van der Waals surface area (Å²) in [6, 6.07) is 17.6. The Balaban J connectivity index is 1.41. The molecule has 0 aliphatic rings. The summed E-state index contributed by atoms with van der Waals surface area (Å²) >= 11 is 0. The number of nitrogens with one attached hydrogen (secondary N) is 2. The van der Waals surface area contributed by atoms with Crippen molar-refractivity contribution in [2.24, 2.45) is 0 Å². The van der Waals surface area contributed by atoms with Crippen LogP contribution in [-0.2, 0) is 28.0 Å². The molecule has 0 unspecified atom stereocenters. The van der Waals surface area contributed by atoms with Crippen LogP contribution in [0.1, 0.15) is 38.3 Å². The Kier molecular flexibility index (Phi) is 6.56. The van der Waals surface area contributed by atoms with Crippen LogP contribution in [0.15, 0.2) is 54.6 Å². The van der Waals surface area contributed by atoms with Crippen molar-refractivity contribution in [3.63, 3.8) is 0 Å². The van der Waals surface area contributed by atoms with Gasteiger partial charge in [0.25, 0.3) is 5.91 Å². The second kappa shape index (κ2) is 9.30. The molecule has 156 valence electrons. The molecule has 30 heavy (non-hydrogen) atoms. The van der Waals surface area contributed by atoms with E-state index in [1.54, 1.807) is 0 Å². The second-order valence-corrected chi connectivity index (χ2v) is 8.05. The van der Waals surface area contributed by atoms with E-state index in [9.17, 15) is 9.59 Å². The third-order valence-electron chi connectivity index (χ3n) is 4.57. The molecule has 0 spiro atoms. The van der Waals surface area contributed by atoms with Crippen molar-refractivity contribution < 1.29 is 9.59 Å². The van der Waals surface area contributed by atoms with Crippen molar-refractivity contribution in [2.45, 2.75) is 45.6 Å². The van der Waals surface area contributed by atoms with Crippen molar-refractivity contribution in [1.82, 2.24) is 31.1 Å². The fourth-order valence-electron chi connectivity index (χ4n) is 2.81. The lowest BCUT2D eigenvalue weighted by Gasteiger charge is -2.19. The minimum absolute atomic E-state index is 0.0982. The van der Waals surface area contributed by atoms with Crippen LogP contribution in [0.3, 0.4) is 0 Å². The number of carbonyl (C=O) groups is 2. The molecule has 1 heterocycles. The number of benzene rings is 2. The van der Waals surface area contributed by atoms with E-state index in [1.807, 2.05) is 42.5 Å². The Bertz CT molecular complexity index is 990. The predicted molar refractivity (Wildman–Crippen MR) is 113 cm³/mol. The predicted octanol–water partition coefficient (Wildman–Crippen LogP) is 2.42. The molecule has 0 aliphatic carbocycles. The van der Waals surface area contributed by atoms with Gasteiger partial charge in [0.2, 0.25) is 11.7 Å². The molecule has 1 aromatic heterocycles. The molecule has 2 aromatic carbocycles. The van der Waals surface area contributed by atoms with E-state index in [1.165, 1.54) is 10.4 Å². The quantitative estimate of drug-likeness (QED) is 0.612. The van der Waals surface area contributed by atoms with Gasteiger partial charge in [-0.25, -0.2) is 0 Å². The first kappa shape index (κ1) is 21.2. The molecule has 2 N–H and O–H groups in total. The fraction of sp³-hybridized carbons (Fsp3) is 0.318. The van der Waals surface area contributed by atoms with Crippen LogP contribution in [0.5, 0.6) is 0 Å². The normalized spacial score (nSPS) is 11.2. The van der Waals surface area contributed by atoms with Gasteiger partial charge in [0, 0.05) is 12.0 Å². The van der Waals surface area contributed by atoms with Crippen molar-refractivity contribution in [3.8, 4) is 11.4 Å². The van der Waals surface area contributed by atoms with Gasteiger partial charge in [-0.3, -0.25) is 20.4 Å². The molecule has 0 saturated carbocycles. The molecule has 0 bridgehead atoms. The first-order chi connectivity index (χ1) is 14.3. The lowest BCUT2D eigenvalue weighted by atomic mass is 9.86. The van der Waals surface area contributed by atoms with Crippen LogP contribution in [0, 0.1) is 0 Å². The molecule has 8 nitrogen and oxygen atoms in total. The molecule has 0 atom stereocenters. The van der Waals surface area contributed by atoms with Gasteiger partial charge in [-0.05, 0) is 28.2 Å². The number of hydrazine groups is 1. The van der Waals surface area contributed by atoms with Gasteiger partial charge < -0.3 is 0 Å². The number of tetrazole rings is 1.